The normalized spacial score (nSPS) is 15.2. The third kappa shape index (κ3) is 8.08. The van der Waals surface area contributed by atoms with Crippen LogP contribution in [0.25, 0.3) is 0 Å². The van der Waals surface area contributed by atoms with E-state index < -0.39 is 36.1 Å². The number of carbonyl (C=O) groups excluding carboxylic acids is 3. The number of amides is 4. The van der Waals surface area contributed by atoms with Crippen molar-refractivity contribution in [3.05, 3.63) is 88.4 Å². The number of nitrogens with two attached hydrogens (primary N) is 1. The summed E-state index contributed by atoms with van der Waals surface area (Å²) in [5.74, 6) is -1.36. The van der Waals surface area contributed by atoms with Crippen molar-refractivity contribution in [3.8, 4) is 0 Å². The molecule has 1 atom stereocenters. The van der Waals surface area contributed by atoms with Crippen LogP contribution in [0.5, 0.6) is 0 Å². The number of alkyl halides is 3. The van der Waals surface area contributed by atoms with Crippen molar-refractivity contribution in [3.63, 3.8) is 0 Å². The van der Waals surface area contributed by atoms with Crippen LogP contribution in [0.4, 0.5) is 35.0 Å². The van der Waals surface area contributed by atoms with Crippen LogP contribution >= 0.6 is 24.4 Å². The van der Waals surface area contributed by atoms with Gasteiger partial charge >= 0.3 is 12.2 Å². The SMILES string of the molecule is Nc1ccc(C(F)(F)F)cc1C(=O)NCC(=O)NC1CCN(Cc2ccc(Cl)c(N(S)C(=O)Nc3ccccc3)c2)C1. The Bertz CT molecular complexity index is 1460. The molecule has 3 aromatic rings. The molecule has 0 spiro atoms. The highest BCUT2D eigenvalue weighted by Crippen LogP contribution is 2.32. The summed E-state index contributed by atoms with van der Waals surface area (Å²) in [6.45, 7) is 1.30. The third-order valence-corrected chi connectivity index (χ3v) is 7.25. The molecule has 1 aliphatic heterocycles. The fraction of sp³-hybridized carbons (Fsp3) is 0.250. The first-order chi connectivity index (χ1) is 19.9. The van der Waals surface area contributed by atoms with Gasteiger partial charge in [0.05, 0.1) is 28.4 Å². The molecule has 0 radical (unpaired) electrons. The number of carbonyl (C=O) groups is 3. The number of halogens is 4. The van der Waals surface area contributed by atoms with Crippen molar-refractivity contribution < 1.29 is 27.6 Å². The highest BCUT2D eigenvalue weighted by Gasteiger charge is 2.32. The van der Waals surface area contributed by atoms with Crippen LogP contribution in [0.3, 0.4) is 0 Å². The summed E-state index contributed by atoms with van der Waals surface area (Å²) in [4.78, 5) is 39.6. The van der Waals surface area contributed by atoms with Crippen molar-refractivity contribution >= 4 is 59.3 Å². The lowest BCUT2D eigenvalue weighted by molar-refractivity contribution is -0.137. The van der Waals surface area contributed by atoms with Crippen molar-refractivity contribution in [1.29, 1.82) is 0 Å². The van der Waals surface area contributed by atoms with E-state index in [2.05, 4.69) is 33.7 Å². The first-order valence-corrected chi connectivity index (χ1v) is 13.6. The molecule has 1 aliphatic rings. The van der Waals surface area contributed by atoms with Crippen LogP contribution in [0.15, 0.2) is 66.7 Å². The maximum Gasteiger partial charge on any atom is 0.416 e. The van der Waals surface area contributed by atoms with Gasteiger partial charge in [0.1, 0.15) is 0 Å². The second kappa shape index (κ2) is 13.4. The smallest absolute Gasteiger partial charge is 0.398 e. The van der Waals surface area contributed by atoms with Crippen LogP contribution < -0.4 is 26.0 Å². The summed E-state index contributed by atoms with van der Waals surface area (Å²) in [7, 11) is 0. The molecule has 1 unspecified atom stereocenters. The molecule has 0 saturated carbocycles. The van der Waals surface area contributed by atoms with Crippen molar-refractivity contribution in [2.24, 2.45) is 0 Å². The van der Waals surface area contributed by atoms with E-state index in [1.54, 1.807) is 36.4 Å². The van der Waals surface area contributed by atoms with E-state index in [9.17, 15) is 27.6 Å². The van der Waals surface area contributed by atoms with Gasteiger partial charge < -0.3 is 21.7 Å². The van der Waals surface area contributed by atoms with E-state index in [0.717, 1.165) is 22.0 Å². The number of hydrogen-bond acceptors (Lipinski definition) is 6. The largest absolute Gasteiger partial charge is 0.416 e. The lowest BCUT2D eigenvalue weighted by Crippen LogP contribution is -2.43. The summed E-state index contributed by atoms with van der Waals surface area (Å²) in [6.07, 6.45) is -3.98. The van der Waals surface area contributed by atoms with E-state index in [0.29, 0.717) is 48.5 Å². The molecule has 4 amide bonds. The second-order valence-electron chi connectivity index (χ2n) is 9.66. The number of benzene rings is 3. The average Bonchev–Trinajstić information content (AvgIpc) is 3.38. The zero-order chi connectivity index (χ0) is 30.4. The predicted molar refractivity (Wildman–Crippen MR) is 158 cm³/mol. The van der Waals surface area contributed by atoms with Gasteiger partial charge in [-0.3, -0.25) is 14.5 Å². The number of anilines is 3. The molecule has 4 rings (SSSR count). The van der Waals surface area contributed by atoms with Crippen molar-refractivity contribution in [2.45, 2.75) is 25.2 Å². The van der Waals surface area contributed by atoms with Gasteiger partial charge in [0.2, 0.25) is 5.91 Å². The van der Waals surface area contributed by atoms with Crippen LogP contribution in [-0.4, -0.2) is 48.4 Å². The fourth-order valence-electron chi connectivity index (χ4n) is 4.44. The monoisotopic (exact) mass is 620 g/mol. The van der Waals surface area contributed by atoms with E-state index in [1.165, 1.54) is 0 Å². The van der Waals surface area contributed by atoms with Crippen LogP contribution in [-0.2, 0) is 17.5 Å². The zero-order valence-corrected chi connectivity index (χ0v) is 23.8. The first kappa shape index (κ1) is 31.0. The third-order valence-electron chi connectivity index (χ3n) is 6.53. The van der Waals surface area contributed by atoms with Gasteiger partial charge in [-0.15, -0.1) is 0 Å². The molecule has 1 heterocycles. The summed E-state index contributed by atoms with van der Waals surface area (Å²) in [5, 5.41) is 8.24. The van der Waals surface area contributed by atoms with Crippen molar-refractivity contribution in [2.75, 3.05) is 35.0 Å². The summed E-state index contributed by atoms with van der Waals surface area (Å²) < 4.78 is 40.1. The Kier molecular flexibility index (Phi) is 9.86. The van der Waals surface area contributed by atoms with Gasteiger partial charge in [-0.25, -0.2) is 9.10 Å². The predicted octanol–water partition coefficient (Wildman–Crippen LogP) is 4.94. The minimum Gasteiger partial charge on any atom is -0.398 e. The molecular formula is C28H28ClF3N6O3S. The minimum absolute atomic E-state index is 0.129. The fourth-order valence-corrected chi connectivity index (χ4v) is 4.92. The Balaban J connectivity index is 1.27. The maximum atomic E-state index is 13.0. The van der Waals surface area contributed by atoms with E-state index in [-0.39, 0.29) is 17.3 Å². The molecule has 0 bridgehead atoms. The molecule has 3 aromatic carbocycles. The van der Waals surface area contributed by atoms with Crippen LogP contribution in [0, 0.1) is 0 Å². The summed E-state index contributed by atoms with van der Waals surface area (Å²) >= 11 is 10.7. The van der Waals surface area contributed by atoms with E-state index in [1.807, 2.05) is 12.1 Å². The number of rotatable bonds is 8. The van der Waals surface area contributed by atoms with Gasteiger partial charge in [-0.2, -0.15) is 13.2 Å². The molecule has 42 heavy (non-hydrogen) atoms. The Morgan fingerprint density at radius 3 is 2.52 bits per heavy atom. The number of nitrogen functional groups attached to an aromatic ring is 1. The number of thiol groups is 1. The summed E-state index contributed by atoms with van der Waals surface area (Å²) in [5.41, 5.74) is 6.06. The number of nitrogens with zero attached hydrogens (tertiary/aromatic N) is 2. The molecule has 0 aliphatic carbocycles. The van der Waals surface area contributed by atoms with Crippen LogP contribution in [0.1, 0.15) is 27.9 Å². The second-order valence-corrected chi connectivity index (χ2v) is 10.5. The number of para-hydroxylation sites is 1. The highest BCUT2D eigenvalue weighted by atomic mass is 35.5. The van der Waals surface area contributed by atoms with E-state index >= 15 is 0 Å². The van der Waals surface area contributed by atoms with Gasteiger partial charge in [0.25, 0.3) is 5.91 Å². The number of urea groups is 1. The lowest BCUT2D eigenvalue weighted by atomic mass is 10.1. The lowest BCUT2D eigenvalue weighted by Gasteiger charge is -2.21. The molecule has 222 valence electrons. The zero-order valence-electron chi connectivity index (χ0n) is 22.1. The minimum atomic E-state index is -4.63. The highest BCUT2D eigenvalue weighted by molar-refractivity contribution is 7.82. The maximum absolute atomic E-state index is 13.0. The first-order valence-electron chi connectivity index (χ1n) is 12.8. The Hall–Kier alpha value is -3.94. The standard InChI is InChI=1S/C28H28ClF3N6O3S/c29-22-8-6-17(12-24(22)38(42)27(41)36-19-4-2-1-3-5-19)15-37-11-10-20(16-37)35-25(39)14-34-26(40)21-13-18(28(30,31)32)7-9-23(21)33/h1-9,12-13,20,42H,10-11,14-16,33H2,(H,34,40)(H,35,39)(H,36,41). The van der Waals surface area contributed by atoms with E-state index in [4.69, 9.17) is 17.3 Å². The Morgan fingerprint density at radius 1 is 1.07 bits per heavy atom. The number of nitrogens with one attached hydrogen (secondary N) is 3. The number of hydrogen-bond donors (Lipinski definition) is 5. The average molecular weight is 621 g/mol. The van der Waals surface area contributed by atoms with Gasteiger partial charge in [0, 0.05) is 37.1 Å². The molecule has 9 nitrogen and oxygen atoms in total. The summed E-state index contributed by atoms with van der Waals surface area (Å²) in [6, 6.07) is 16.0. The molecular weight excluding hydrogens is 593 g/mol. The van der Waals surface area contributed by atoms with Crippen LogP contribution in [0.2, 0.25) is 5.02 Å². The molecule has 1 fully saturated rings. The molecule has 5 N–H and O–H groups in total. The van der Waals surface area contributed by atoms with Gasteiger partial charge in [0.15, 0.2) is 0 Å². The quantitative estimate of drug-likeness (QED) is 0.180. The van der Waals surface area contributed by atoms with Gasteiger partial charge in [-0.05, 0) is 54.4 Å². The molecule has 14 heteroatoms. The van der Waals surface area contributed by atoms with Crippen molar-refractivity contribution in [1.82, 2.24) is 15.5 Å². The number of likely N-dealkylation sites (tertiary alicyclic amines) is 1. The van der Waals surface area contributed by atoms with Gasteiger partial charge in [-0.1, -0.05) is 48.7 Å². The Morgan fingerprint density at radius 2 is 1.81 bits per heavy atom. The molecule has 1 saturated heterocycles. The Labute approximate surface area is 250 Å². The molecule has 0 aromatic heterocycles. The topological polar surface area (TPSA) is 120 Å².